The molecule has 1 aliphatic heterocycles. The average Bonchev–Trinajstić information content (AvgIpc) is 2.94. The minimum Gasteiger partial charge on any atom is -0.458 e. The van der Waals surface area contributed by atoms with E-state index in [0.717, 1.165) is 5.56 Å². The number of esters is 1. The van der Waals surface area contributed by atoms with Crippen LogP contribution in [0.15, 0.2) is 30.3 Å². The van der Waals surface area contributed by atoms with Crippen molar-refractivity contribution in [1.82, 2.24) is 4.90 Å². The first kappa shape index (κ1) is 24.7. The molecule has 1 heterocycles. The molecule has 0 bridgehead atoms. The Balaban J connectivity index is 2.51. The van der Waals surface area contributed by atoms with Crippen molar-refractivity contribution in [2.75, 3.05) is 6.54 Å². The van der Waals surface area contributed by atoms with Crippen LogP contribution in [0.4, 0.5) is 4.79 Å². The van der Waals surface area contributed by atoms with Crippen molar-refractivity contribution in [3.8, 4) is 6.07 Å². The zero-order chi connectivity index (χ0) is 23.4. The summed E-state index contributed by atoms with van der Waals surface area (Å²) < 4.78 is 17.5. The number of nitriles is 1. The summed E-state index contributed by atoms with van der Waals surface area (Å²) in [4.78, 5) is 26.5. The molecule has 0 N–H and O–H groups in total. The summed E-state index contributed by atoms with van der Waals surface area (Å²) >= 11 is 0. The number of likely N-dealkylation sites (tertiary alicyclic amines) is 1. The second kappa shape index (κ2) is 9.69. The van der Waals surface area contributed by atoms with E-state index in [1.807, 2.05) is 51.1 Å². The molecule has 2 rings (SSSR count). The second-order valence-corrected chi connectivity index (χ2v) is 9.50. The fourth-order valence-corrected chi connectivity index (χ4v) is 4.14. The highest BCUT2D eigenvalue weighted by molar-refractivity contribution is 5.72. The third-order valence-corrected chi connectivity index (χ3v) is 5.27. The van der Waals surface area contributed by atoms with E-state index >= 15 is 0 Å². The molecule has 7 heteroatoms. The normalized spacial score (nSPS) is 24.5. The highest BCUT2D eigenvalue weighted by Crippen LogP contribution is 2.42. The molecular weight excluding hydrogens is 396 g/mol. The van der Waals surface area contributed by atoms with E-state index in [1.165, 1.54) is 11.8 Å². The molecule has 1 saturated heterocycles. The minimum absolute atomic E-state index is 0.142. The molecule has 31 heavy (non-hydrogen) atoms. The van der Waals surface area contributed by atoms with Crippen molar-refractivity contribution >= 4 is 12.1 Å². The SMILES string of the molecule is CC(=O)OC1C(C)CN(C(=O)OC(C)(C)C)C1(C#N)C(OCc1ccccc1)C(C)C. The van der Waals surface area contributed by atoms with Gasteiger partial charge in [-0.25, -0.2) is 4.79 Å². The van der Waals surface area contributed by atoms with Crippen LogP contribution in [0.2, 0.25) is 0 Å². The van der Waals surface area contributed by atoms with E-state index in [2.05, 4.69) is 6.07 Å². The van der Waals surface area contributed by atoms with Gasteiger partial charge in [0.05, 0.1) is 12.7 Å². The number of carbonyl (C=O) groups is 2. The molecular formula is C24H34N2O5. The quantitative estimate of drug-likeness (QED) is 0.625. The summed E-state index contributed by atoms with van der Waals surface area (Å²) in [5.74, 6) is -0.914. The van der Waals surface area contributed by atoms with E-state index < -0.39 is 35.4 Å². The van der Waals surface area contributed by atoms with Gasteiger partial charge < -0.3 is 14.2 Å². The summed E-state index contributed by atoms with van der Waals surface area (Å²) in [5, 5.41) is 10.5. The molecule has 7 nitrogen and oxygen atoms in total. The maximum Gasteiger partial charge on any atom is 0.411 e. The second-order valence-electron chi connectivity index (χ2n) is 9.50. The lowest BCUT2D eigenvalue weighted by atomic mass is 9.80. The summed E-state index contributed by atoms with van der Waals surface area (Å²) in [6, 6.07) is 11.9. The molecule has 0 aliphatic carbocycles. The van der Waals surface area contributed by atoms with Crippen LogP contribution in [0.25, 0.3) is 0 Å². The molecule has 1 aromatic carbocycles. The topological polar surface area (TPSA) is 88.9 Å². The first-order chi connectivity index (χ1) is 14.4. The van der Waals surface area contributed by atoms with Gasteiger partial charge in [0.2, 0.25) is 0 Å². The van der Waals surface area contributed by atoms with Crippen LogP contribution < -0.4 is 0 Å². The number of benzene rings is 1. The molecule has 4 unspecified atom stereocenters. The molecule has 1 amide bonds. The van der Waals surface area contributed by atoms with Gasteiger partial charge in [-0.1, -0.05) is 51.1 Å². The summed E-state index contributed by atoms with van der Waals surface area (Å²) in [7, 11) is 0. The van der Waals surface area contributed by atoms with Crippen molar-refractivity contribution in [3.63, 3.8) is 0 Å². The minimum atomic E-state index is -1.52. The van der Waals surface area contributed by atoms with Crippen molar-refractivity contribution in [3.05, 3.63) is 35.9 Å². The van der Waals surface area contributed by atoms with E-state index in [4.69, 9.17) is 14.2 Å². The summed E-state index contributed by atoms with van der Waals surface area (Å²) in [6.07, 6.45) is -2.17. The molecule has 4 atom stereocenters. The Morgan fingerprint density at radius 2 is 1.87 bits per heavy atom. The summed E-state index contributed by atoms with van der Waals surface area (Å²) in [5.41, 5.74) is -1.31. The Hall–Kier alpha value is -2.59. The Bertz CT molecular complexity index is 811. The smallest absolute Gasteiger partial charge is 0.411 e. The molecule has 0 radical (unpaired) electrons. The van der Waals surface area contributed by atoms with Gasteiger partial charge in [0.25, 0.3) is 0 Å². The van der Waals surface area contributed by atoms with Crippen molar-refractivity contribution in [2.45, 2.75) is 78.4 Å². The first-order valence-electron chi connectivity index (χ1n) is 10.7. The van der Waals surface area contributed by atoms with E-state index in [-0.39, 0.29) is 25.0 Å². The van der Waals surface area contributed by atoms with E-state index in [0.29, 0.717) is 0 Å². The van der Waals surface area contributed by atoms with Gasteiger partial charge in [-0.3, -0.25) is 9.69 Å². The van der Waals surface area contributed by atoms with Crippen LogP contribution in [0.1, 0.15) is 54.0 Å². The number of amides is 1. The molecule has 1 fully saturated rings. The third-order valence-electron chi connectivity index (χ3n) is 5.27. The first-order valence-corrected chi connectivity index (χ1v) is 10.7. The van der Waals surface area contributed by atoms with Gasteiger partial charge in [-0.15, -0.1) is 0 Å². The lowest BCUT2D eigenvalue weighted by molar-refractivity contribution is -0.159. The van der Waals surface area contributed by atoms with Crippen LogP contribution in [-0.4, -0.2) is 46.9 Å². The molecule has 0 saturated carbocycles. The highest BCUT2D eigenvalue weighted by Gasteiger charge is 2.63. The predicted octanol–water partition coefficient (Wildman–Crippen LogP) is 4.31. The molecule has 1 aromatic rings. The van der Waals surface area contributed by atoms with Crippen molar-refractivity contribution in [2.24, 2.45) is 11.8 Å². The Morgan fingerprint density at radius 3 is 2.35 bits per heavy atom. The predicted molar refractivity (Wildman–Crippen MR) is 116 cm³/mol. The van der Waals surface area contributed by atoms with Gasteiger partial charge in [-0.2, -0.15) is 5.26 Å². The molecule has 170 valence electrons. The zero-order valence-corrected chi connectivity index (χ0v) is 19.5. The standard InChI is InChI=1S/C24H34N2O5/c1-16(2)20(29-14-19-11-9-8-10-12-19)24(15-25)21(30-18(4)27)17(3)13-26(24)22(28)31-23(5,6)7/h8-12,16-17,20-21H,13-14H2,1-7H3. The number of hydrogen-bond donors (Lipinski definition) is 0. The van der Waals surface area contributed by atoms with Gasteiger partial charge in [-0.05, 0) is 32.3 Å². The van der Waals surface area contributed by atoms with E-state index in [1.54, 1.807) is 20.8 Å². The maximum atomic E-state index is 13.2. The number of carbonyl (C=O) groups excluding carboxylic acids is 2. The number of rotatable bonds is 6. The van der Waals surface area contributed by atoms with Crippen LogP contribution in [0.5, 0.6) is 0 Å². The Kier molecular flexibility index (Phi) is 7.72. The third kappa shape index (κ3) is 5.56. The largest absolute Gasteiger partial charge is 0.458 e. The van der Waals surface area contributed by atoms with Gasteiger partial charge >= 0.3 is 12.1 Å². The zero-order valence-electron chi connectivity index (χ0n) is 19.5. The average molecular weight is 431 g/mol. The van der Waals surface area contributed by atoms with Gasteiger partial charge in [0, 0.05) is 19.4 Å². The van der Waals surface area contributed by atoms with Crippen LogP contribution >= 0.6 is 0 Å². The van der Waals surface area contributed by atoms with Crippen molar-refractivity contribution in [1.29, 1.82) is 5.26 Å². The van der Waals surface area contributed by atoms with Gasteiger partial charge in [0.1, 0.15) is 17.8 Å². The van der Waals surface area contributed by atoms with E-state index in [9.17, 15) is 14.9 Å². The van der Waals surface area contributed by atoms with Crippen LogP contribution in [0, 0.1) is 23.2 Å². The van der Waals surface area contributed by atoms with Crippen molar-refractivity contribution < 1.29 is 23.8 Å². The maximum absolute atomic E-state index is 13.2. The number of ether oxygens (including phenoxy) is 3. The lowest BCUT2D eigenvalue weighted by Crippen LogP contribution is -2.63. The molecule has 0 spiro atoms. The lowest BCUT2D eigenvalue weighted by Gasteiger charge is -2.43. The highest BCUT2D eigenvalue weighted by atomic mass is 16.6. The fourth-order valence-electron chi connectivity index (χ4n) is 4.14. The summed E-state index contributed by atoms with van der Waals surface area (Å²) in [6.45, 7) is 12.8. The van der Waals surface area contributed by atoms with Crippen LogP contribution in [0.3, 0.4) is 0 Å². The molecule has 0 aromatic heterocycles. The molecule has 1 aliphatic rings. The number of nitrogens with zero attached hydrogens (tertiary/aromatic N) is 2. The van der Waals surface area contributed by atoms with Crippen LogP contribution in [-0.2, 0) is 25.6 Å². The Morgan fingerprint density at radius 1 is 1.26 bits per heavy atom. The van der Waals surface area contributed by atoms with Gasteiger partial charge in [0.15, 0.2) is 5.54 Å². The number of hydrogen-bond acceptors (Lipinski definition) is 6. The monoisotopic (exact) mass is 430 g/mol. The fraction of sp³-hybridized carbons (Fsp3) is 0.625. The Labute approximate surface area is 185 Å².